The van der Waals surface area contributed by atoms with Crippen molar-refractivity contribution in [3.05, 3.63) is 0 Å². The molecule has 1 amide bonds. The Kier molecular flexibility index (Phi) is 7.78. The van der Waals surface area contributed by atoms with Gasteiger partial charge in [0.15, 0.2) is 5.84 Å². The van der Waals surface area contributed by atoms with Gasteiger partial charge < -0.3 is 16.3 Å². The minimum atomic E-state index is -0.568. The number of nitrogens with one attached hydrogen (secondary N) is 1. The van der Waals surface area contributed by atoms with Crippen LogP contribution in [0.1, 0.15) is 20.8 Å². The van der Waals surface area contributed by atoms with E-state index >= 15 is 0 Å². The lowest BCUT2D eigenvalue weighted by molar-refractivity contribution is -0.124. The van der Waals surface area contributed by atoms with Gasteiger partial charge in [0.05, 0.1) is 0 Å². The quantitative estimate of drug-likeness (QED) is 0.277. The van der Waals surface area contributed by atoms with Crippen molar-refractivity contribution in [2.45, 2.75) is 20.8 Å². The van der Waals surface area contributed by atoms with E-state index in [4.69, 9.17) is 10.9 Å². The van der Waals surface area contributed by atoms with E-state index in [-0.39, 0.29) is 17.7 Å². The molecule has 0 aromatic carbocycles. The summed E-state index contributed by atoms with van der Waals surface area (Å²) >= 11 is 1.75. The van der Waals surface area contributed by atoms with E-state index in [1.165, 1.54) is 0 Å². The van der Waals surface area contributed by atoms with Gasteiger partial charge in [-0.15, -0.1) is 0 Å². The summed E-state index contributed by atoms with van der Waals surface area (Å²) in [4.78, 5) is 11.9. The van der Waals surface area contributed by atoms with Gasteiger partial charge in [-0.2, -0.15) is 11.8 Å². The van der Waals surface area contributed by atoms with E-state index in [2.05, 4.69) is 17.4 Å². The third kappa shape index (κ3) is 5.81. The van der Waals surface area contributed by atoms with Crippen LogP contribution in [-0.4, -0.2) is 35.5 Å². The first-order valence-electron chi connectivity index (χ1n) is 5.68. The second kappa shape index (κ2) is 8.22. The number of carbonyl (C=O) groups is 1. The maximum absolute atomic E-state index is 11.9. The molecule has 0 heterocycles. The molecule has 0 aromatic rings. The molecule has 5 nitrogen and oxygen atoms in total. The zero-order chi connectivity index (χ0) is 13.4. The van der Waals surface area contributed by atoms with Crippen LogP contribution < -0.4 is 11.1 Å². The molecule has 2 atom stereocenters. The molecule has 2 unspecified atom stereocenters. The van der Waals surface area contributed by atoms with Gasteiger partial charge in [-0.3, -0.25) is 4.79 Å². The Morgan fingerprint density at radius 3 is 2.47 bits per heavy atom. The summed E-state index contributed by atoms with van der Waals surface area (Å²) < 4.78 is 0. The minimum absolute atomic E-state index is 0.00163. The van der Waals surface area contributed by atoms with Crippen LogP contribution in [0, 0.1) is 17.8 Å². The average Bonchev–Trinajstić information content (AvgIpc) is 2.26. The molecule has 0 aliphatic heterocycles. The van der Waals surface area contributed by atoms with Gasteiger partial charge in [-0.05, 0) is 23.8 Å². The summed E-state index contributed by atoms with van der Waals surface area (Å²) in [6.07, 6.45) is 2.03. The summed E-state index contributed by atoms with van der Waals surface area (Å²) in [6.45, 7) is 6.42. The van der Waals surface area contributed by atoms with E-state index in [0.29, 0.717) is 12.5 Å². The average molecular weight is 261 g/mol. The van der Waals surface area contributed by atoms with E-state index in [1.807, 2.05) is 20.1 Å². The first kappa shape index (κ1) is 16.1. The van der Waals surface area contributed by atoms with Gasteiger partial charge in [0.1, 0.15) is 5.92 Å². The molecule has 17 heavy (non-hydrogen) atoms. The van der Waals surface area contributed by atoms with Crippen LogP contribution in [0.2, 0.25) is 0 Å². The second-order valence-corrected chi connectivity index (χ2v) is 5.46. The topological polar surface area (TPSA) is 87.7 Å². The molecule has 0 saturated heterocycles. The molecular weight excluding hydrogens is 238 g/mol. The Bertz CT molecular complexity index is 269. The maximum Gasteiger partial charge on any atom is 0.231 e. The maximum atomic E-state index is 11.9. The lowest BCUT2D eigenvalue weighted by Crippen LogP contribution is -2.43. The van der Waals surface area contributed by atoms with Gasteiger partial charge in [0, 0.05) is 6.54 Å². The highest BCUT2D eigenvalue weighted by Gasteiger charge is 2.26. The van der Waals surface area contributed by atoms with Crippen molar-refractivity contribution in [2.24, 2.45) is 28.6 Å². The number of nitrogens with two attached hydrogens (primary N) is 1. The van der Waals surface area contributed by atoms with Gasteiger partial charge in [0.2, 0.25) is 5.91 Å². The summed E-state index contributed by atoms with van der Waals surface area (Å²) in [6, 6.07) is 0. The van der Waals surface area contributed by atoms with Crippen molar-refractivity contribution in [3.63, 3.8) is 0 Å². The fourth-order valence-corrected chi connectivity index (χ4v) is 2.26. The molecule has 0 aromatic heterocycles. The zero-order valence-corrected chi connectivity index (χ0v) is 11.8. The normalized spacial score (nSPS) is 15.7. The van der Waals surface area contributed by atoms with E-state index in [0.717, 1.165) is 5.75 Å². The van der Waals surface area contributed by atoms with Crippen molar-refractivity contribution in [3.8, 4) is 0 Å². The number of hydrogen-bond donors (Lipinski definition) is 3. The van der Waals surface area contributed by atoms with E-state index < -0.39 is 5.92 Å². The number of amidine groups is 1. The predicted molar refractivity (Wildman–Crippen MR) is 72.3 cm³/mol. The molecule has 0 saturated carbocycles. The Labute approximate surface area is 107 Å². The fraction of sp³-hybridized carbons (Fsp3) is 0.818. The number of amides is 1. The van der Waals surface area contributed by atoms with Crippen molar-refractivity contribution in [1.29, 1.82) is 0 Å². The smallest absolute Gasteiger partial charge is 0.231 e. The van der Waals surface area contributed by atoms with E-state index in [1.54, 1.807) is 11.8 Å². The van der Waals surface area contributed by atoms with Gasteiger partial charge in [-0.1, -0.05) is 25.9 Å². The molecule has 4 N–H and O–H groups in total. The molecule has 0 spiro atoms. The lowest BCUT2D eigenvalue weighted by Gasteiger charge is -2.20. The molecule has 0 rings (SSSR count). The molecule has 0 aliphatic rings. The predicted octanol–water partition coefficient (Wildman–Crippen LogP) is 1.12. The SMILES string of the molecule is CSCC(C)CNC(=O)C(C(N)=NO)C(C)C. The molecule has 0 radical (unpaired) electrons. The second-order valence-electron chi connectivity index (χ2n) is 4.55. The number of hydrogen-bond acceptors (Lipinski definition) is 4. The first-order chi connectivity index (χ1) is 7.93. The highest BCUT2D eigenvalue weighted by Crippen LogP contribution is 2.11. The van der Waals surface area contributed by atoms with Crippen LogP contribution in [0.25, 0.3) is 0 Å². The van der Waals surface area contributed by atoms with E-state index in [9.17, 15) is 4.79 Å². The lowest BCUT2D eigenvalue weighted by atomic mass is 9.93. The van der Waals surface area contributed by atoms with Crippen LogP contribution in [0.15, 0.2) is 5.16 Å². The monoisotopic (exact) mass is 261 g/mol. The van der Waals surface area contributed by atoms with Crippen molar-refractivity contribution >= 4 is 23.5 Å². The highest BCUT2D eigenvalue weighted by atomic mass is 32.2. The van der Waals surface area contributed by atoms with Crippen LogP contribution in [0.5, 0.6) is 0 Å². The molecule has 100 valence electrons. The van der Waals surface area contributed by atoms with Crippen LogP contribution >= 0.6 is 11.8 Å². The largest absolute Gasteiger partial charge is 0.409 e. The third-order valence-electron chi connectivity index (χ3n) is 2.46. The van der Waals surface area contributed by atoms with Crippen molar-refractivity contribution in [1.82, 2.24) is 5.32 Å². The molecule has 0 bridgehead atoms. The first-order valence-corrected chi connectivity index (χ1v) is 7.07. The standard InChI is InChI=1S/C11H23N3O2S/c1-7(2)9(10(12)14-16)11(15)13-5-8(3)6-17-4/h7-9,16H,5-6H2,1-4H3,(H2,12,14)(H,13,15). The number of nitrogens with zero attached hydrogens (tertiary/aromatic N) is 1. The summed E-state index contributed by atoms with van der Waals surface area (Å²) in [7, 11) is 0. The number of thioether (sulfide) groups is 1. The molecular formula is C11H23N3O2S. The Balaban J connectivity index is 4.35. The van der Waals surface area contributed by atoms with Gasteiger partial charge >= 0.3 is 0 Å². The Hall–Kier alpha value is -0.910. The number of carbonyl (C=O) groups excluding carboxylic acids is 1. The third-order valence-corrected chi connectivity index (χ3v) is 3.36. The van der Waals surface area contributed by atoms with Gasteiger partial charge in [-0.25, -0.2) is 0 Å². The molecule has 0 aliphatic carbocycles. The zero-order valence-electron chi connectivity index (χ0n) is 10.9. The van der Waals surface area contributed by atoms with Crippen molar-refractivity contribution in [2.75, 3.05) is 18.6 Å². The number of oxime groups is 1. The Morgan fingerprint density at radius 2 is 2.06 bits per heavy atom. The van der Waals surface area contributed by atoms with Crippen LogP contribution in [0.3, 0.4) is 0 Å². The summed E-state index contributed by atoms with van der Waals surface area (Å²) in [5.74, 6) is 0.631. The summed E-state index contributed by atoms with van der Waals surface area (Å²) in [5, 5.41) is 14.4. The van der Waals surface area contributed by atoms with Gasteiger partial charge in [0.25, 0.3) is 0 Å². The highest BCUT2D eigenvalue weighted by molar-refractivity contribution is 7.98. The molecule has 6 heteroatoms. The van der Waals surface area contributed by atoms with Crippen LogP contribution in [0.4, 0.5) is 0 Å². The molecule has 0 fully saturated rings. The summed E-state index contributed by atoms with van der Waals surface area (Å²) in [5.41, 5.74) is 5.52. The number of rotatable bonds is 7. The Morgan fingerprint density at radius 1 is 1.47 bits per heavy atom. The van der Waals surface area contributed by atoms with Crippen LogP contribution in [-0.2, 0) is 4.79 Å². The van der Waals surface area contributed by atoms with Crippen molar-refractivity contribution < 1.29 is 10.0 Å². The fourth-order valence-electron chi connectivity index (χ4n) is 1.57. The minimum Gasteiger partial charge on any atom is -0.409 e.